The van der Waals surface area contributed by atoms with Crippen LogP contribution >= 0.6 is 24.0 Å². The molecule has 0 heterocycles. The molecule has 0 bridgehead atoms. The summed E-state index contributed by atoms with van der Waals surface area (Å²) in [6.07, 6.45) is 2.23. The van der Waals surface area contributed by atoms with Crippen molar-refractivity contribution >= 4 is 39.8 Å². The Bertz CT molecular complexity index is 417. The van der Waals surface area contributed by atoms with E-state index in [4.69, 9.17) is 0 Å². The number of rotatable bonds is 10. The van der Waals surface area contributed by atoms with Crippen LogP contribution in [0.2, 0.25) is 0 Å². The van der Waals surface area contributed by atoms with Crippen LogP contribution in [-0.4, -0.2) is 69.5 Å². The van der Waals surface area contributed by atoms with E-state index in [0.717, 1.165) is 26.1 Å². The minimum absolute atomic E-state index is 0. The topological polar surface area (TPSA) is 73.8 Å². The number of nitrogens with one attached hydrogen (secondary N) is 2. The highest BCUT2D eigenvalue weighted by atomic mass is 127. The van der Waals surface area contributed by atoms with Gasteiger partial charge in [0.25, 0.3) is 0 Å². The fourth-order valence-electron chi connectivity index (χ4n) is 2.25. The van der Waals surface area contributed by atoms with Crippen molar-refractivity contribution < 1.29 is 8.42 Å². The van der Waals surface area contributed by atoms with Gasteiger partial charge in [0.05, 0.1) is 5.75 Å². The SMILES string of the molecule is CCNC(=NCCCN(C(C)C)C(C)C)NCCS(C)(=O)=O.I. The molecular weight excluding hydrogens is 427 g/mol. The molecule has 0 unspecified atom stereocenters. The largest absolute Gasteiger partial charge is 0.357 e. The normalized spacial score (nSPS) is 12.7. The quantitative estimate of drug-likeness (QED) is 0.224. The first-order valence-corrected chi connectivity index (χ1v) is 10.2. The highest BCUT2D eigenvalue weighted by molar-refractivity contribution is 14.0. The number of sulfone groups is 1. The average molecular weight is 462 g/mol. The lowest BCUT2D eigenvalue weighted by Crippen LogP contribution is -2.40. The van der Waals surface area contributed by atoms with Gasteiger partial charge in [-0.05, 0) is 41.0 Å². The third-order valence-electron chi connectivity index (χ3n) is 3.28. The molecule has 0 saturated heterocycles. The number of guanidine groups is 1. The maximum atomic E-state index is 11.1. The molecule has 0 aromatic heterocycles. The number of aliphatic imine (C=N–C) groups is 1. The van der Waals surface area contributed by atoms with E-state index < -0.39 is 9.84 Å². The molecule has 6 nitrogen and oxygen atoms in total. The second-order valence-corrected chi connectivity index (χ2v) is 8.36. The summed E-state index contributed by atoms with van der Waals surface area (Å²) in [6.45, 7) is 13.7. The first kappa shape index (κ1) is 25.2. The molecular formula is C15H35IN4O2S. The van der Waals surface area contributed by atoms with Gasteiger partial charge in [-0.15, -0.1) is 24.0 Å². The van der Waals surface area contributed by atoms with Crippen molar-refractivity contribution in [3.8, 4) is 0 Å². The van der Waals surface area contributed by atoms with Crippen molar-refractivity contribution in [1.29, 1.82) is 0 Å². The molecule has 0 atom stereocenters. The predicted molar refractivity (Wildman–Crippen MR) is 111 cm³/mol. The first-order valence-electron chi connectivity index (χ1n) is 8.13. The minimum Gasteiger partial charge on any atom is -0.357 e. The number of hydrogen-bond acceptors (Lipinski definition) is 4. The molecule has 0 amide bonds. The number of nitrogens with zero attached hydrogens (tertiary/aromatic N) is 2. The van der Waals surface area contributed by atoms with Crippen LogP contribution in [0.5, 0.6) is 0 Å². The molecule has 0 aliphatic rings. The van der Waals surface area contributed by atoms with Gasteiger partial charge in [0.15, 0.2) is 5.96 Å². The van der Waals surface area contributed by atoms with Gasteiger partial charge < -0.3 is 10.6 Å². The lowest BCUT2D eigenvalue weighted by atomic mass is 10.2. The standard InChI is InChI=1S/C15H34N4O2S.HI/c1-7-16-15(18-10-12-22(6,20)21)17-9-8-11-19(13(2)3)14(4)5;/h13-14H,7-12H2,1-6H3,(H2,16,17,18);1H. The second-order valence-electron chi connectivity index (χ2n) is 6.10. The van der Waals surface area contributed by atoms with Gasteiger partial charge in [-0.2, -0.15) is 0 Å². The van der Waals surface area contributed by atoms with E-state index in [0.29, 0.717) is 24.6 Å². The second kappa shape index (κ2) is 13.2. The van der Waals surface area contributed by atoms with Crippen LogP contribution in [0, 0.1) is 0 Å². The van der Waals surface area contributed by atoms with Crippen molar-refractivity contribution in [2.24, 2.45) is 4.99 Å². The smallest absolute Gasteiger partial charge is 0.191 e. The molecule has 140 valence electrons. The van der Waals surface area contributed by atoms with Crippen molar-refractivity contribution in [2.75, 3.05) is 38.2 Å². The van der Waals surface area contributed by atoms with Gasteiger partial charge in [0.1, 0.15) is 9.84 Å². The van der Waals surface area contributed by atoms with Crippen LogP contribution in [-0.2, 0) is 9.84 Å². The summed E-state index contributed by atoms with van der Waals surface area (Å²) in [7, 11) is -2.94. The van der Waals surface area contributed by atoms with Crippen LogP contribution in [0.15, 0.2) is 4.99 Å². The Morgan fingerprint density at radius 2 is 1.70 bits per heavy atom. The van der Waals surface area contributed by atoms with Crippen LogP contribution in [0.3, 0.4) is 0 Å². The Labute approximate surface area is 159 Å². The Morgan fingerprint density at radius 1 is 1.13 bits per heavy atom. The maximum Gasteiger partial charge on any atom is 0.191 e. The third kappa shape index (κ3) is 14.0. The first-order chi connectivity index (χ1) is 10.2. The Balaban J connectivity index is 0. The summed E-state index contributed by atoms with van der Waals surface area (Å²) >= 11 is 0. The predicted octanol–water partition coefficient (Wildman–Crippen LogP) is 1.71. The fraction of sp³-hybridized carbons (Fsp3) is 0.933. The molecule has 0 aliphatic carbocycles. The van der Waals surface area contributed by atoms with Crippen LogP contribution in [0.4, 0.5) is 0 Å². The van der Waals surface area contributed by atoms with Gasteiger partial charge in [0.2, 0.25) is 0 Å². The number of hydrogen-bond donors (Lipinski definition) is 2. The molecule has 8 heteroatoms. The third-order valence-corrected chi connectivity index (χ3v) is 4.23. The highest BCUT2D eigenvalue weighted by Gasteiger charge is 2.12. The summed E-state index contributed by atoms with van der Waals surface area (Å²) in [5.41, 5.74) is 0. The fourth-order valence-corrected chi connectivity index (χ4v) is 2.73. The average Bonchev–Trinajstić information content (AvgIpc) is 2.35. The lowest BCUT2D eigenvalue weighted by Gasteiger charge is -2.30. The van der Waals surface area contributed by atoms with Crippen molar-refractivity contribution in [2.45, 2.75) is 53.1 Å². The molecule has 0 aromatic carbocycles. The monoisotopic (exact) mass is 462 g/mol. The van der Waals surface area contributed by atoms with Gasteiger partial charge in [-0.25, -0.2) is 8.42 Å². The zero-order valence-corrected chi connectivity index (χ0v) is 18.6. The van der Waals surface area contributed by atoms with Gasteiger partial charge >= 0.3 is 0 Å². The molecule has 0 fully saturated rings. The molecule has 0 aliphatic heterocycles. The zero-order chi connectivity index (χ0) is 17.2. The lowest BCUT2D eigenvalue weighted by molar-refractivity contribution is 0.174. The summed E-state index contributed by atoms with van der Waals surface area (Å²) in [5, 5.41) is 6.19. The van der Waals surface area contributed by atoms with E-state index in [1.807, 2.05) is 6.92 Å². The summed E-state index contributed by atoms with van der Waals surface area (Å²) in [5.74, 6) is 0.804. The van der Waals surface area contributed by atoms with Crippen LogP contribution < -0.4 is 10.6 Å². The molecule has 0 rings (SSSR count). The van der Waals surface area contributed by atoms with Crippen molar-refractivity contribution in [1.82, 2.24) is 15.5 Å². The molecule has 23 heavy (non-hydrogen) atoms. The van der Waals surface area contributed by atoms with E-state index in [1.54, 1.807) is 0 Å². The van der Waals surface area contributed by atoms with Crippen LogP contribution in [0.1, 0.15) is 41.0 Å². The van der Waals surface area contributed by atoms with Gasteiger partial charge in [-0.3, -0.25) is 9.89 Å². The minimum atomic E-state index is -2.94. The zero-order valence-electron chi connectivity index (χ0n) is 15.4. The molecule has 0 aromatic rings. The number of halogens is 1. The Kier molecular flexibility index (Phi) is 14.5. The maximum absolute atomic E-state index is 11.1. The van der Waals surface area contributed by atoms with Crippen LogP contribution in [0.25, 0.3) is 0 Å². The van der Waals surface area contributed by atoms with E-state index in [9.17, 15) is 8.42 Å². The Morgan fingerprint density at radius 3 is 2.13 bits per heavy atom. The summed E-state index contributed by atoms with van der Waals surface area (Å²) in [6, 6.07) is 1.07. The van der Waals surface area contributed by atoms with Gasteiger partial charge in [0, 0.05) is 44.5 Å². The molecule has 0 radical (unpaired) electrons. The van der Waals surface area contributed by atoms with Crippen molar-refractivity contribution in [3.05, 3.63) is 0 Å². The molecule has 0 saturated carbocycles. The van der Waals surface area contributed by atoms with E-state index in [-0.39, 0.29) is 29.7 Å². The Hall–Kier alpha value is -0.0900. The van der Waals surface area contributed by atoms with E-state index >= 15 is 0 Å². The summed E-state index contributed by atoms with van der Waals surface area (Å²) < 4.78 is 22.3. The summed E-state index contributed by atoms with van der Waals surface area (Å²) in [4.78, 5) is 6.94. The van der Waals surface area contributed by atoms with Crippen molar-refractivity contribution in [3.63, 3.8) is 0 Å². The van der Waals surface area contributed by atoms with E-state index in [2.05, 4.69) is 48.2 Å². The van der Waals surface area contributed by atoms with E-state index in [1.165, 1.54) is 6.26 Å². The molecule has 0 spiro atoms. The molecule has 2 N–H and O–H groups in total. The van der Waals surface area contributed by atoms with Gasteiger partial charge in [-0.1, -0.05) is 0 Å². The highest BCUT2D eigenvalue weighted by Crippen LogP contribution is 2.05.